The summed E-state index contributed by atoms with van der Waals surface area (Å²) in [6.45, 7) is 3.49. The van der Waals surface area contributed by atoms with E-state index in [1.54, 1.807) is 0 Å². The van der Waals surface area contributed by atoms with Gasteiger partial charge >= 0.3 is 0 Å². The van der Waals surface area contributed by atoms with Gasteiger partial charge in [-0.05, 0) is 32.2 Å². The first-order valence-electron chi connectivity index (χ1n) is 9.13. The second-order valence-electron chi connectivity index (χ2n) is 6.50. The SMILES string of the molecule is CCCCCCCCCCCCNC1CCC(OC)C1. The molecule has 2 unspecified atom stereocenters. The van der Waals surface area contributed by atoms with Crippen LogP contribution >= 0.6 is 0 Å². The molecular weight excluding hydrogens is 246 g/mol. The molecule has 20 heavy (non-hydrogen) atoms. The molecule has 0 aromatic rings. The lowest BCUT2D eigenvalue weighted by atomic mass is 10.1. The van der Waals surface area contributed by atoms with Crippen LogP contribution in [-0.2, 0) is 4.74 Å². The van der Waals surface area contributed by atoms with Crippen LogP contribution in [0.2, 0.25) is 0 Å². The van der Waals surface area contributed by atoms with E-state index >= 15 is 0 Å². The van der Waals surface area contributed by atoms with Crippen LogP contribution in [0, 0.1) is 0 Å². The number of ether oxygens (including phenoxy) is 1. The Balaban J connectivity index is 1.75. The Kier molecular flexibility index (Phi) is 11.4. The molecule has 0 spiro atoms. The second-order valence-corrected chi connectivity index (χ2v) is 6.50. The molecule has 1 saturated carbocycles. The summed E-state index contributed by atoms with van der Waals surface area (Å²) in [5.41, 5.74) is 0. The van der Waals surface area contributed by atoms with Crippen molar-refractivity contribution >= 4 is 0 Å². The summed E-state index contributed by atoms with van der Waals surface area (Å²) in [4.78, 5) is 0. The van der Waals surface area contributed by atoms with Gasteiger partial charge in [0.2, 0.25) is 0 Å². The molecule has 1 aliphatic carbocycles. The summed E-state index contributed by atoms with van der Waals surface area (Å²) < 4.78 is 5.41. The Morgan fingerprint density at radius 1 is 0.850 bits per heavy atom. The first-order valence-corrected chi connectivity index (χ1v) is 9.13. The number of hydrogen-bond acceptors (Lipinski definition) is 2. The Morgan fingerprint density at radius 3 is 2.00 bits per heavy atom. The van der Waals surface area contributed by atoms with Gasteiger partial charge in [0.05, 0.1) is 6.10 Å². The van der Waals surface area contributed by atoms with E-state index in [9.17, 15) is 0 Å². The highest BCUT2D eigenvalue weighted by molar-refractivity contribution is 4.80. The number of rotatable bonds is 13. The third-order valence-corrected chi connectivity index (χ3v) is 4.68. The largest absolute Gasteiger partial charge is 0.381 e. The number of unbranched alkanes of at least 4 members (excludes halogenated alkanes) is 9. The van der Waals surface area contributed by atoms with Gasteiger partial charge in [-0.25, -0.2) is 0 Å². The average molecular weight is 284 g/mol. The Labute approximate surface area is 127 Å². The molecule has 1 aliphatic rings. The Morgan fingerprint density at radius 2 is 1.45 bits per heavy atom. The van der Waals surface area contributed by atoms with Crippen molar-refractivity contribution in [2.24, 2.45) is 0 Å². The fourth-order valence-electron chi connectivity index (χ4n) is 3.26. The van der Waals surface area contributed by atoms with Crippen LogP contribution in [0.3, 0.4) is 0 Å². The molecule has 0 radical (unpaired) electrons. The van der Waals surface area contributed by atoms with Gasteiger partial charge in [-0.2, -0.15) is 0 Å². The molecule has 0 amide bonds. The van der Waals surface area contributed by atoms with Crippen molar-refractivity contribution in [1.29, 1.82) is 0 Å². The van der Waals surface area contributed by atoms with Gasteiger partial charge in [-0.3, -0.25) is 0 Å². The van der Waals surface area contributed by atoms with Gasteiger partial charge in [0.1, 0.15) is 0 Å². The molecule has 2 nitrogen and oxygen atoms in total. The van der Waals surface area contributed by atoms with E-state index in [4.69, 9.17) is 4.74 Å². The molecule has 2 atom stereocenters. The van der Waals surface area contributed by atoms with E-state index in [1.165, 1.54) is 90.0 Å². The van der Waals surface area contributed by atoms with Gasteiger partial charge in [0, 0.05) is 13.2 Å². The van der Waals surface area contributed by atoms with Crippen molar-refractivity contribution in [1.82, 2.24) is 5.32 Å². The molecule has 1 fully saturated rings. The van der Waals surface area contributed by atoms with Gasteiger partial charge in [-0.15, -0.1) is 0 Å². The normalized spacial score (nSPS) is 22.5. The average Bonchev–Trinajstić information content (AvgIpc) is 2.93. The van der Waals surface area contributed by atoms with Crippen molar-refractivity contribution in [3.05, 3.63) is 0 Å². The van der Waals surface area contributed by atoms with E-state index in [0.29, 0.717) is 6.10 Å². The zero-order valence-electron chi connectivity index (χ0n) is 14.0. The highest BCUT2D eigenvalue weighted by Crippen LogP contribution is 2.21. The fraction of sp³-hybridized carbons (Fsp3) is 1.00. The van der Waals surface area contributed by atoms with Crippen molar-refractivity contribution in [3.63, 3.8) is 0 Å². The van der Waals surface area contributed by atoms with Crippen molar-refractivity contribution < 1.29 is 4.74 Å². The van der Waals surface area contributed by atoms with Crippen LogP contribution in [0.15, 0.2) is 0 Å². The molecule has 0 aromatic carbocycles. The van der Waals surface area contributed by atoms with Gasteiger partial charge in [0.15, 0.2) is 0 Å². The minimum atomic E-state index is 0.514. The van der Waals surface area contributed by atoms with Crippen LogP contribution in [0.5, 0.6) is 0 Å². The Bertz CT molecular complexity index is 208. The van der Waals surface area contributed by atoms with E-state index in [-0.39, 0.29) is 0 Å². The first-order chi connectivity index (χ1) is 9.86. The number of nitrogens with one attached hydrogen (secondary N) is 1. The molecule has 0 saturated heterocycles. The summed E-state index contributed by atoms with van der Waals surface area (Å²) >= 11 is 0. The standard InChI is InChI=1S/C18H37NO/c1-3-4-5-6-7-8-9-10-11-12-15-19-17-13-14-18(16-17)20-2/h17-19H,3-16H2,1-2H3. The molecule has 1 rings (SSSR count). The lowest BCUT2D eigenvalue weighted by Crippen LogP contribution is -2.28. The predicted octanol–water partition coefficient (Wildman–Crippen LogP) is 5.06. The van der Waals surface area contributed by atoms with E-state index in [2.05, 4.69) is 12.2 Å². The van der Waals surface area contributed by atoms with E-state index < -0.39 is 0 Å². The van der Waals surface area contributed by atoms with Gasteiger partial charge < -0.3 is 10.1 Å². The van der Waals surface area contributed by atoms with Crippen LogP contribution in [0.25, 0.3) is 0 Å². The quantitative estimate of drug-likeness (QED) is 0.477. The third-order valence-electron chi connectivity index (χ3n) is 4.68. The molecule has 2 heteroatoms. The van der Waals surface area contributed by atoms with Crippen LogP contribution in [-0.4, -0.2) is 25.8 Å². The smallest absolute Gasteiger partial charge is 0.0586 e. The highest BCUT2D eigenvalue weighted by atomic mass is 16.5. The van der Waals surface area contributed by atoms with Crippen molar-refractivity contribution in [3.8, 4) is 0 Å². The summed E-state index contributed by atoms with van der Waals surface area (Å²) in [6, 6.07) is 0.721. The zero-order valence-corrected chi connectivity index (χ0v) is 14.0. The Hall–Kier alpha value is -0.0800. The number of hydrogen-bond donors (Lipinski definition) is 1. The van der Waals surface area contributed by atoms with Gasteiger partial charge in [0.25, 0.3) is 0 Å². The molecule has 1 N–H and O–H groups in total. The zero-order chi connectivity index (χ0) is 14.5. The molecule has 0 heterocycles. The molecule has 0 aliphatic heterocycles. The number of methoxy groups -OCH3 is 1. The maximum Gasteiger partial charge on any atom is 0.0586 e. The van der Waals surface area contributed by atoms with E-state index in [1.807, 2.05) is 7.11 Å². The van der Waals surface area contributed by atoms with Gasteiger partial charge in [-0.1, -0.05) is 64.7 Å². The fourth-order valence-corrected chi connectivity index (χ4v) is 3.26. The molecule has 0 bridgehead atoms. The van der Waals surface area contributed by atoms with Crippen LogP contribution in [0.4, 0.5) is 0 Å². The molecule has 120 valence electrons. The third kappa shape index (κ3) is 8.97. The monoisotopic (exact) mass is 283 g/mol. The summed E-state index contributed by atoms with van der Waals surface area (Å²) in [5.74, 6) is 0. The lowest BCUT2D eigenvalue weighted by molar-refractivity contribution is 0.107. The summed E-state index contributed by atoms with van der Waals surface area (Å²) in [6.07, 6.45) is 18.5. The first kappa shape index (κ1) is 18.0. The molecule has 0 aromatic heterocycles. The minimum absolute atomic E-state index is 0.514. The topological polar surface area (TPSA) is 21.3 Å². The highest BCUT2D eigenvalue weighted by Gasteiger charge is 2.23. The summed E-state index contributed by atoms with van der Waals surface area (Å²) in [5, 5.41) is 3.69. The molecular formula is C18H37NO. The van der Waals surface area contributed by atoms with Crippen molar-refractivity contribution in [2.45, 2.75) is 103 Å². The van der Waals surface area contributed by atoms with Crippen LogP contribution in [0.1, 0.15) is 90.4 Å². The predicted molar refractivity (Wildman–Crippen MR) is 88.3 cm³/mol. The maximum absolute atomic E-state index is 5.41. The van der Waals surface area contributed by atoms with E-state index in [0.717, 1.165) is 6.04 Å². The lowest BCUT2D eigenvalue weighted by Gasteiger charge is -2.12. The minimum Gasteiger partial charge on any atom is -0.381 e. The second kappa shape index (κ2) is 12.6. The van der Waals surface area contributed by atoms with Crippen molar-refractivity contribution in [2.75, 3.05) is 13.7 Å². The van der Waals surface area contributed by atoms with Crippen LogP contribution < -0.4 is 5.32 Å². The maximum atomic E-state index is 5.41. The summed E-state index contributed by atoms with van der Waals surface area (Å²) in [7, 11) is 1.84.